The highest BCUT2D eigenvalue weighted by molar-refractivity contribution is 5.93. The van der Waals surface area contributed by atoms with E-state index in [-0.39, 0.29) is 23.7 Å². The molecule has 1 aliphatic rings. The van der Waals surface area contributed by atoms with Crippen LogP contribution in [0.1, 0.15) is 133 Å². The quantitative estimate of drug-likeness (QED) is 0.0785. The maximum atomic E-state index is 12.7. The van der Waals surface area contributed by atoms with E-state index in [0.29, 0.717) is 0 Å². The maximum Gasteiger partial charge on any atom is 0.342 e. The molecule has 1 saturated heterocycles. The van der Waals surface area contributed by atoms with Gasteiger partial charge in [0.05, 0.1) is 13.2 Å². The Morgan fingerprint density at radius 2 is 1.24 bits per heavy atom. The summed E-state index contributed by atoms with van der Waals surface area (Å²) in [6.07, 6.45) is 15.6. The van der Waals surface area contributed by atoms with Crippen LogP contribution in [0.15, 0.2) is 18.2 Å². The van der Waals surface area contributed by atoms with E-state index in [0.717, 1.165) is 19.3 Å². The monoisotopic (exact) mass is 596 g/mol. The van der Waals surface area contributed by atoms with Crippen LogP contribution in [0, 0.1) is 0 Å². The van der Waals surface area contributed by atoms with E-state index < -0.39 is 43.3 Å². The third-order valence-electron chi connectivity index (χ3n) is 8.01. The normalized spacial score (nSPS) is 22.3. The smallest absolute Gasteiger partial charge is 0.342 e. The van der Waals surface area contributed by atoms with E-state index >= 15 is 0 Å². The molecule has 42 heavy (non-hydrogen) atoms. The van der Waals surface area contributed by atoms with Gasteiger partial charge in [-0.05, 0) is 24.6 Å². The van der Waals surface area contributed by atoms with E-state index in [1.54, 1.807) is 0 Å². The topological polar surface area (TPSA) is 146 Å². The summed E-state index contributed by atoms with van der Waals surface area (Å²) in [7, 11) is 0. The Labute approximate surface area is 252 Å². The molecule has 0 unspecified atom stereocenters. The van der Waals surface area contributed by atoms with E-state index in [1.807, 2.05) is 0 Å². The van der Waals surface area contributed by atoms with Crippen LogP contribution in [-0.2, 0) is 9.47 Å². The zero-order valence-corrected chi connectivity index (χ0v) is 25.6. The number of unbranched alkanes of at least 4 members (excludes halogenated alkanes) is 17. The zero-order chi connectivity index (χ0) is 30.6. The lowest BCUT2D eigenvalue weighted by Crippen LogP contribution is -2.60. The number of carbonyl (C=O) groups is 1. The SMILES string of the molecule is CCCCCCCCCCCCCCCCCCCCOC(=O)c1cc(O)ccc1O[C@@H]1O[C@H](CO)[C@@H](O)[C@H](O)[C@H]1O. The highest BCUT2D eigenvalue weighted by atomic mass is 16.7. The number of esters is 1. The Morgan fingerprint density at radius 3 is 1.74 bits per heavy atom. The van der Waals surface area contributed by atoms with Crippen molar-refractivity contribution in [3.63, 3.8) is 0 Å². The lowest BCUT2D eigenvalue weighted by atomic mass is 9.99. The van der Waals surface area contributed by atoms with Crippen LogP contribution in [-0.4, -0.2) is 75.4 Å². The van der Waals surface area contributed by atoms with E-state index in [2.05, 4.69) is 6.92 Å². The third kappa shape index (κ3) is 13.6. The zero-order valence-electron chi connectivity index (χ0n) is 25.6. The average molecular weight is 597 g/mol. The Balaban J connectivity index is 1.55. The fourth-order valence-electron chi connectivity index (χ4n) is 5.32. The Bertz CT molecular complexity index is 847. The van der Waals surface area contributed by atoms with Crippen LogP contribution in [0.5, 0.6) is 11.5 Å². The summed E-state index contributed by atoms with van der Waals surface area (Å²) in [4.78, 5) is 12.7. The Morgan fingerprint density at radius 1 is 0.738 bits per heavy atom. The summed E-state index contributed by atoms with van der Waals surface area (Å²) in [5.41, 5.74) is -0.0608. The predicted octanol–water partition coefficient (Wildman–Crippen LogP) is 5.77. The average Bonchev–Trinajstić information content (AvgIpc) is 2.99. The van der Waals surface area contributed by atoms with Gasteiger partial charge in [-0.15, -0.1) is 0 Å². The first-order valence-corrected chi connectivity index (χ1v) is 16.4. The van der Waals surface area contributed by atoms with Crippen molar-refractivity contribution in [2.75, 3.05) is 13.2 Å². The molecule has 9 heteroatoms. The summed E-state index contributed by atoms with van der Waals surface area (Å²) in [5, 5.41) is 49.4. The van der Waals surface area contributed by atoms with Crippen LogP contribution >= 0.6 is 0 Å². The highest BCUT2D eigenvalue weighted by Gasteiger charge is 2.45. The molecule has 1 aromatic rings. The number of ether oxygens (including phenoxy) is 3. The molecule has 5 atom stereocenters. The van der Waals surface area contributed by atoms with Gasteiger partial charge in [0.25, 0.3) is 0 Å². The molecule has 1 heterocycles. The number of carbonyl (C=O) groups excluding carboxylic acids is 1. The van der Waals surface area contributed by atoms with Crippen LogP contribution in [0.4, 0.5) is 0 Å². The number of phenols is 1. The second-order valence-corrected chi connectivity index (χ2v) is 11.6. The number of aromatic hydroxyl groups is 1. The van der Waals surface area contributed by atoms with Crippen LogP contribution in [0.25, 0.3) is 0 Å². The summed E-state index contributed by atoms with van der Waals surface area (Å²) in [5.74, 6) is -0.895. The second kappa shape index (κ2) is 21.7. The first-order valence-electron chi connectivity index (χ1n) is 16.4. The number of hydrogen-bond acceptors (Lipinski definition) is 9. The summed E-state index contributed by atoms with van der Waals surface area (Å²) in [6.45, 7) is 1.89. The minimum absolute atomic E-state index is 0.0278. The Kier molecular flexibility index (Phi) is 18.8. The van der Waals surface area contributed by atoms with Crippen LogP contribution in [0.2, 0.25) is 0 Å². The molecule has 0 amide bonds. The lowest BCUT2D eigenvalue weighted by molar-refractivity contribution is -0.277. The molecule has 0 saturated carbocycles. The van der Waals surface area contributed by atoms with Gasteiger partial charge in [0, 0.05) is 0 Å². The molecule has 1 aliphatic heterocycles. The molecule has 1 fully saturated rings. The molecule has 9 nitrogen and oxygen atoms in total. The van der Waals surface area contributed by atoms with E-state index in [9.17, 15) is 30.3 Å². The highest BCUT2D eigenvalue weighted by Crippen LogP contribution is 2.29. The van der Waals surface area contributed by atoms with Crippen molar-refractivity contribution in [3.05, 3.63) is 23.8 Å². The predicted molar refractivity (Wildman–Crippen MR) is 162 cm³/mol. The minimum Gasteiger partial charge on any atom is -0.508 e. The van der Waals surface area contributed by atoms with Gasteiger partial charge in [0.1, 0.15) is 41.5 Å². The molecular weight excluding hydrogens is 540 g/mol. The number of aliphatic hydroxyl groups is 4. The molecule has 0 radical (unpaired) electrons. The molecule has 0 aromatic heterocycles. The standard InChI is InChI=1S/C33H56O9/c1-2-3-4-5-6-7-8-9-10-11-12-13-14-15-16-17-18-19-22-40-32(39)26-23-25(35)20-21-27(26)41-33-31(38)30(37)29(36)28(24-34)42-33/h20-21,23,28-31,33-38H,2-19,22,24H2,1H3/t28-,29-,30+,31-,33-/m1/s1. The van der Waals surface area contributed by atoms with E-state index in [4.69, 9.17) is 14.2 Å². The van der Waals surface area contributed by atoms with Crippen molar-refractivity contribution < 1.29 is 44.5 Å². The van der Waals surface area contributed by atoms with Crippen molar-refractivity contribution in [2.45, 2.75) is 153 Å². The minimum atomic E-state index is -1.62. The summed E-state index contributed by atoms with van der Waals surface area (Å²) < 4.78 is 16.3. The molecule has 0 aliphatic carbocycles. The second-order valence-electron chi connectivity index (χ2n) is 11.6. The largest absolute Gasteiger partial charge is 0.508 e. The number of phenolic OH excluding ortho intramolecular Hbond substituents is 1. The molecule has 2 rings (SSSR count). The number of aliphatic hydroxyl groups excluding tert-OH is 4. The van der Waals surface area contributed by atoms with Gasteiger partial charge >= 0.3 is 5.97 Å². The third-order valence-corrected chi connectivity index (χ3v) is 8.01. The van der Waals surface area contributed by atoms with Crippen molar-refractivity contribution >= 4 is 5.97 Å². The molecule has 1 aromatic carbocycles. The fraction of sp³-hybridized carbons (Fsp3) is 0.788. The van der Waals surface area contributed by atoms with Crippen LogP contribution < -0.4 is 4.74 Å². The number of rotatable bonds is 23. The van der Waals surface area contributed by atoms with Gasteiger partial charge in [-0.1, -0.05) is 116 Å². The van der Waals surface area contributed by atoms with Gasteiger partial charge in [-0.2, -0.15) is 0 Å². The van der Waals surface area contributed by atoms with E-state index in [1.165, 1.54) is 115 Å². The molecule has 242 valence electrons. The van der Waals surface area contributed by atoms with Gasteiger partial charge in [0.15, 0.2) is 0 Å². The van der Waals surface area contributed by atoms with Crippen molar-refractivity contribution in [1.29, 1.82) is 0 Å². The number of benzene rings is 1. The van der Waals surface area contributed by atoms with Crippen LogP contribution in [0.3, 0.4) is 0 Å². The fourth-order valence-corrected chi connectivity index (χ4v) is 5.32. The molecule has 5 N–H and O–H groups in total. The van der Waals surface area contributed by atoms with Gasteiger partial charge in [0.2, 0.25) is 6.29 Å². The first kappa shape index (κ1) is 36.3. The molecule has 0 bridgehead atoms. The van der Waals surface area contributed by atoms with Crippen molar-refractivity contribution in [1.82, 2.24) is 0 Å². The first-order chi connectivity index (χ1) is 20.4. The number of hydrogen-bond donors (Lipinski definition) is 5. The Hall–Kier alpha value is -1.91. The lowest BCUT2D eigenvalue weighted by Gasteiger charge is -2.39. The maximum absolute atomic E-state index is 12.7. The van der Waals surface area contributed by atoms with Crippen molar-refractivity contribution in [2.24, 2.45) is 0 Å². The summed E-state index contributed by atoms with van der Waals surface area (Å²) in [6, 6.07) is 3.81. The molecular formula is C33H56O9. The van der Waals surface area contributed by atoms with Gasteiger partial charge in [-0.25, -0.2) is 4.79 Å². The summed E-state index contributed by atoms with van der Waals surface area (Å²) >= 11 is 0. The molecule has 0 spiro atoms. The van der Waals surface area contributed by atoms with Gasteiger partial charge < -0.3 is 39.7 Å². The van der Waals surface area contributed by atoms with Gasteiger partial charge in [-0.3, -0.25) is 0 Å². The van der Waals surface area contributed by atoms with Crippen molar-refractivity contribution in [3.8, 4) is 11.5 Å².